The minimum absolute atomic E-state index is 0.0559. The third kappa shape index (κ3) is 4.38. The van der Waals surface area contributed by atoms with Crippen molar-refractivity contribution in [3.05, 3.63) is 35.9 Å². The van der Waals surface area contributed by atoms with Crippen molar-refractivity contribution in [3.63, 3.8) is 0 Å². The van der Waals surface area contributed by atoms with Gasteiger partial charge in [-0.05, 0) is 37.7 Å². The van der Waals surface area contributed by atoms with E-state index in [0.29, 0.717) is 12.5 Å². The van der Waals surface area contributed by atoms with Gasteiger partial charge >= 0.3 is 5.97 Å². The van der Waals surface area contributed by atoms with Gasteiger partial charge in [0.2, 0.25) is 0 Å². The van der Waals surface area contributed by atoms with E-state index in [0.717, 1.165) is 19.3 Å². The Morgan fingerprint density at radius 1 is 1.26 bits per heavy atom. The normalized spacial score (nSPS) is 15.6. The van der Waals surface area contributed by atoms with Crippen LogP contribution in [-0.2, 0) is 9.53 Å². The Hall–Kier alpha value is -1.31. The predicted octanol–water partition coefficient (Wildman–Crippen LogP) is 4.55. The summed E-state index contributed by atoms with van der Waals surface area (Å²) in [5, 5.41) is 0. The van der Waals surface area contributed by atoms with E-state index in [2.05, 4.69) is 26.0 Å². The largest absolute Gasteiger partial charge is 0.465 e. The van der Waals surface area contributed by atoms with Crippen LogP contribution < -0.4 is 0 Å². The van der Waals surface area contributed by atoms with Crippen molar-refractivity contribution in [2.24, 2.45) is 5.41 Å². The zero-order valence-electron chi connectivity index (χ0n) is 12.6. The molecule has 0 aliphatic rings. The molecule has 0 aliphatic heterocycles. The average molecular weight is 262 g/mol. The van der Waals surface area contributed by atoms with E-state index in [9.17, 15) is 4.79 Å². The summed E-state index contributed by atoms with van der Waals surface area (Å²) in [6.07, 6.45) is 2.52. The molecule has 106 valence electrons. The smallest absolute Gasteiger partial charge is 0.311 e. The van der Waals surface area contributed by atoms with E-state index in [1.165, 1.54) is 5.56 Å². The third-order valence-corrected chi connectivity index (χ3v) is 3.84. The van der Waals surface area contributed by atoms with E-state index in [4.69, 9.17) is 4.74 Å². The van der Waals surface area contributed by atoms with Gasteiger partial charge in [0.25, 0.3) is 0 Å². The van der Waals surface area contributed by atoms with Gasteiger partial charge in [0.1, 0.15) is 0 Å². The van der Waals surface area contributed by atoms with Crippen molar-refractivity contribution in [3.8, 4) is 0 Å². The number of hydrogen-bond donors (Lipinski definition) is 0. The molecule has 19 heavy (non-hydrogen) atoms. The number of benzene rings is 1. The van der Waals surface area contributed by atoms with Crippen molar-refractivity contribution in [2.45, 2.75) is 52.9 Å². The predicted molar refractivity (Wildman–Crippen MR) is 79.1 cm³/mol. The Labute approximate surface area is 117 Å². The maximum Gasteiger partial charge on any atom is 0.311 e. The fraction of sp³-hybridized carbons (Fsp3) is 0.588. The second kappa shape index (κ2) is 7.32. The van der Waals surface area contributed by atoms with Crippen LogP contribution in [0, 0.1) is 5.41 Å². The summed E-state index contributed by atoms with van der Waals surface area (Å²) in [6, 6.07) is 10.4. The highest BCUT2D eigenvalue weighted by molar-refractivity contribution is 5.76. The molecule has 2 heteroatoms. The molecule has 0 aliphatic carbocycles. The van der Waals surface area contributed by atoms with Crippen LogP contribution in [0.3, 0.4) is 0 Å². The SMILES string of the molecule is CCCOC(=O)C(C)(CC)CC(C)c1ccccc1. The van der Waals surface area contributed by atoms with Crippen molar-refractivity contribution in [1.29, 1.82) is 0 Å². The molecule has 2 unspecified atom stereocenters. The second-order valence-electron chi connectivity index (χ2n) is 5.57. The molecule has 0 fully saturated rings. The Morgan fingerprint density at radius 3 is 2.42 bits per heavy atom. The number of carbonyl (C=O) groups excluding carboxylic acids is 1. The fourth-order valence-electron chi connectivity index (χ4n) is 2.32. The Balaban J connectivity index is 2.72. The van der Waals surface area contributed by atoms with Gasteiger partial charge in [0, 0.05) is 0 Å². The summed E-state index contributed by atoms with van der Waals surface area (Å²) in [5.41, 5.74) is 0.898. The van der Waals surface area contributed by atoms with Crippen LogP contribution in [0.25, 0.3) is 0 Å². The van der Waals surface area contributed by atoms with Gasteiger partial charge in [0.05, 0.1) is 12.0 Å². The molecule has 0 radical (unpaired) electrons. The van der Waals surface area contributed by atoms with Gasteiger partial charge in [-0.1, -0.05) is 51.1 Å². The molecule has 0 heterocycles. The van der Waals surface area contributed by atoms with Crippen molar-refractivity contribution in [1.82, 2.24) is 0 Å². The summed E-state index contributed by atoms with van der Waals surface area (Å²) in [5.74, 6) is 0.306. The molecular weight excluding hydrogens is 236 g/mol. The Kier molecular flexibility index (Phi) is 6.07. The summed E-state index contributed by atoms with van der Waals surface area (Å²) < 4.78 is 5.35. The van der Waals surface area contributed by atoms with Gasteiger partial charge in [-0.3, -0.25) is 4.79 Å². The van der Waals surface area contributed by atoms with Crippen LogP contribution in [0.2, 0.25) is 0 Å². The molecule has 0 amide bonds. The number of esters is 1. The topological polar surface area (TPSA) is 26.3 Å². The molecule has 0 spiro atoms. The lowest BCUT2D eigenvalue weighted by Gasteiger charge is -2.29. The number of carbonyl (C=O) groups is 1. The van der Waals surface area contributed by atoms with Crippen LogP contribution in [0.5, 0.6) is 0 Å². The van der Waals surface area contributed by atoms with E-state index >= 15 is 0 Å². The highest BCUT2D eigenvalue weighted by Gasteiger charge is 2.34. The lowest BCUT2D eigenvalue weighted by molar-refractivity contribution is -0.155. The molecule has 0 aromatic heterocycles. The first-order valence-corrected chi connectivity index (χ1v) is 7.25. The van der Waals surface area contributed by atoms with E-state index in [1.54, 1.807) is 0 Å². The van der Waals surface area contributed by atoms with Gasteiger partial charge in [-0.15, -0.1) is 0 Å². The third-order valence-electron chi connectivity index (χ3n) is 3.84. The summed E-state index contributed by atoms with van der Waals surface area (Å²) in [4.78, 5) is 12.2. The molecule has 1 rings (SSSR count). The van der Waals surface area contributed by atoms with Gasteiger partial charge in [-0.25, -0.2) is 0 Å². The quantitative estimate of drug-likeness (QED) is 0.674. The molecule has 1 aromatic rings. The maximum atomic E-state index is 12.2. The molecule has 1 aromatic carbocycles. The number of rotatable bonds is 7. The van der Waals surface area contributed by atoms with Crippen molar-refractivity contribution < 1.29 is 9.53 Å². The standard InChI is InChI=1S/C17H26O2/c1-5-12-19-16(18)17(4,6-2)13-14(3)15-10-8-7-9-11-15/h7-11,14H,5-6,12-13H2,1-4H3. The summed E-state index contributed by atoms with van der Waals surface area (Å²) in [7, 11) is 0. The molecule has 2 nitrogen and oxygen atoms in total. The molecule has 0 bridgehead atoms. The minimum atomic E-state index is -0.384. The molecule has 0 saturated heterocycles. The zero-order chi connectivity index (χ0) is 14.3. The minimum Gasteiger partial charge on any atom is -0.465 e. The number of ether oxygens (including phenoxy) is 1. The molecular formula is C17H26O2. The monoisotopic (exact) mass is 262 g/mol. The van der Waals surface area contributed by atoms with Crippen LogP contribution in [0.15, 0.2) is 30.3 Å². The Morgan fingerprint density at radius 2 is 1.89 bits per heavy atom. The van der Waals surface area contributed by atoms with Crippen LogP contribution in [0.1, 0.15) is 58.4 Å². The van der Waals surface area contributed by atoms with Crippen LogP contribution in [-0.4, -0.2) is 12.6 Å². The summed E-state index contributed by atoms with van der Waals surface area (Å²) >= 11 is 0. The van der Waals surface area contributed by atoms with Crippen LogP contribution in [0.4, 0.5) is 0 Å². The highest BCUT2D eigenvalue weighted by Crippen LogP contribution is 2.35. The van der Waals surface area contributed by atoms with Crippen molar-refractivity contribution >= 4 is 5.97 Å². The fourth-order valence-corrected chi connectivity index (χ4v) is 2.32. The van der Waals surface area contributed by atoms with Gasteiger partial charge < -0.3 is 4.74 Å². The molecule has 0 saturated carbocycles. The van der Waals surface area contributed by atoms with E-state index in [-0.39, 0.29) is 11.4 Å². The van der Waals surface area contributed by atoms with E-state index in [1.807, 2.05) is 32.0 Å². The van der Waals surface area contributed by atoms with Crippen LogP contribution >= 0.6 is 0 Å². The first-order valence-electron chi connectivity index (χ1n) is 7.25. The molecule has 0 N–H and O–H groups in total. The Bertz CT molecular complexity index is 386. The van der Waals surface area contributed by atoms with Crippen molar-refractivity contribution in [2.75, 3.05) is 6.61 Å². The maximum absolute atomic E-state index is 12.2. The number of hydrogen-bond acceptors (Lipinski definition) is 2. The highest BCUT2D eigenvalue weighted by atomic mass is 16.5. The molecule has 2 atom stereocenters. The zero-order valence-corrected chi connectivity index (χ0v) is 12.6. The van der Waals surface area contributed by atoms with Gasteiger partial charge in [-0.2, -0.15) is 0 Å². The summed E-state index contributed by atoms with van der Waals surface area (Å²) in [6.45, 7) is 8.79. The van der Waals surface area contributed by atoms with E-state index < -0.39 is 0 Å². The lowest BCUT2D eigenvalue weighted by atomic mass is 9.77. The first kappa shape index (κ1) is 15.7. The lowest BCUT2D eigenvalue weighted by Crippen LogP contribution is -2.31. The first-order chi connectivity index (χ1) is 9.03. The second-order valence-corrected chi connectivity index (χ2v) is 5.57. The average Bonchev–Trinajstić information content (AvgIpc) is 2.45. The van der Waals surface area contributed by atoms with Gasteiger partial charge in [0.15, 0.2) is 0 Å².